The summed E-state index contributed by atoms with van der Waals surface area (Å²) >= 11 is 0. The van der Waals surface area contributed by atoms with Gasteiger partial charge in [0.15, 0.2) is 0 Å². The SMILES string of the molecule is CNC(=O)NC(=O)CN1CCCC(O)C1. The van der Waals surface area contributed by atoms with Gasteiger partial charge in [0.2, 0.25) is 5.91 Å². The van der Waals surface area contributed by atoms with Gasteiger partial charge in [0, 0.05) is 13.6 Å². The minimum Gasteiger partial charge on any atom is -0.392 e. The van der Waals surface area contributed by atoms with Crippen molar-refractivity contribution in [2.24, 2.45) is 0 Å². The van der Waals surface area contributed by atoms with Crippen LogP contribution in [0.4, 0.5) is 4.79 Å². The highest BCUT2D eigenvalue weighted by atomic mass is 16.3. The number of rotatable bonds is 2. The molecule has 1 unspecified atom stereocenters. The highest BCUT2D eigenvalue weighted by molar-refractivity contribution is 5.95. The van der Waals surface area contributed by atoms with Crippen molar-refractivity contribution in [1.82, 2.24) is 15.5 Å². The standard InChI is InChI=1S/C9H17N3O3/c1-10-9(15)11-8(14)6-12-4-2-3-7(13)5-12/h7,13H,2-6H2,1H3,(H2,10,11,14,15). The quantitative estimate of drug-likeness (QED) is 0.546. The molecule has 6 heteroatoms. The van der Waals surface area contributed by atoms with E-state index in [1.54, 1.807) is 0 Å². The van der Waals surface area contributed by atoms with Crippen molar-refractivity contribution in [3.63, 3.8) is 0 Å². The average Bonchev–Trinajstić information content (AvgIpc) is 2.17. The van der Waals surface area contributed by atoms with Gasteiger partial charge in [-0.25, -0.2) is 4.79 Å². The summed E-state index contributed by atoms with van der Waals surface area (Å²) in [5, 5.41) is 13.9. The zero-order valence-electron chi connectivity index (χ0n) is 8.82. The van der Waals surface area contributed by atoms with Crippen molar-refractivity contribution in [2.45, 2.75) is 18.9 Å². The molecule has 0 bridgehead atoms. The number of β-amino-alcohol motifs (C(OH)–C–C–N with tert-alkyl or cyclic N) is 1. The zero-order chi connectivity index (χ0) is 11.3. The molecule has 1 saturated heterocycles. The Morgan fingerprint density at radius 2 is 2.27 bits per heavy atom. The maximum absolute atomic E-state index is 11.3. The summed E-state index contributed by atoms with van der Waals surface area (Å²) in [6.45, 7) is 1.45. The number of aliphatic hydroxyl groups excluding tert-OH is 1. The average molecular weight is 215 g/mol. The van der Waals surface area contributed by atoms with Crippen molar-refractivity contribution in [2.75, 3.05) is 26.7 Å². The first kappa shape index (κ1) is 11.9. The summed E-state index contributed by atoms with van der Waals surface area (Å²) in [4.78, 5) is 23.9. The normalized spacial score (nSPS) is 22.1. The van der Waals surface area contributed by atoms with Crippen LogP contribution in [0.1, 0.15) is 12.8 Å². The highest BCUT2D eigenvalue weighted by Gasteiger charge is 2.20. The third-order valence-corrected chi connectivity index (χ3v) is 2.33. The summed E-state index contributed by atoms with van der Waals surface area (Å²) in [7, 11) is 1.45. The number of imide groups is 1. The van der Waals surface area contributed by atoms with Crippen LogP contribution in [-0.2, 0) is 4.79 Å². The Labute approximate surface area is 88.6 Å². The number of urea groups is 1. The van der Waals surface area contributed by atoms with Gasteiger partial charge in [-0.05, 0) is 19.4 Å². The minimum atomic E-state index is -0.502. The maximum atomic E-state index is 11.3. The Morgan fingerprint density at radius 1 is 1.53 bits per heavy atom. The van der Waals surface area contributed by atoms with E-state index in [9.17, 15) is 14.7 Å². The van der Waals surface area contributed by atoms with E-state index in [2.05, 4.69) is 10.6 Å². The van der Waals surface area contributed by atoms with Gasteiger partial charge < -0.3 is 10.4 Å². The highest BCUT2D eigenvalue weighted by Crippen LogP contribution is 2.08. The van der Waals surface area contributed by atoms with Gasteiger partial charge in [0.05, 0.1) is 12.6 Å². The first-order valence-corrected chi connectivity index (χ1v) is 5.04. The molecule has 0 aromatic rings. The lowest BCUT2D eigenvalue weighted by Crippen LogP contribution is -2.47. The molecule has 3 N–H and O–H groups in total. The van der Waals surface area contributed by atoms with Crippen LogP contribution < -0.4 is 10.6 Å². The fourth-order valence-corrected chi connectivity index (χ4v) is 1.61. The molecule has 15 heavy (non-hydrogen) atoms. The second-order valence-electron chi connectivity index (χ2n) is 3.66. The van der Waals surface area contributed by atoms with E-state index in [1.807, 2.05) is 4.90 Å². The lowest BCUT2D eigenvalue weighted by Gasteiger charge is -2.29. The second-order valence-corrected chi connectivity index (χ2v) is 3.66. The number of amides is 3. The van der Waals surface area contributed by atoms with Crippen LogP contribution >= 0.6 is 0 Å². The number of nitrogens with one attached hydrogen (secondary N) is 2. The van der Waals surface area contributed by atoms with E-state index in [0.29, 0.717) is 6.54 Å². The molecule has 1 aliphatic rings. The van der Waals surface area contributed by atoms with Crippen molar-refractivity contribution >= 4 is 11.9 Å². The van der Waals surface area contributed by atoms with E-state index in [0.717, 1.165) is 19.4 Å². The molecule has 6 nitrogen and oxygen atoms in total. The third kappa shape index (κ3) is 4.26. The molecule has 86 valence electrons. The van der Waals surface area contributed by atoms with Gasteiger partial charge in [-0.3, -0.25) is 15.0 Å². The number of piperidine rings is 1. The molecule has 0 saturated carbocycles. The Hall–Kier alpha value is -1.14. The van der Waals surface area contributed by atoms with E-state index in [4.69, 9.17) is 0 Å². The fourth-order valence-electron chi connectivity index (χ4n) is 1.61. The number of carbonyl (C=O) groups excluding carboxylic acids is 2. The van der Waals surface area contributed by atoms with Crippen molar-refractivity contribution in [3.8, 4) is 0 Å². The number of likely N-dealkylation sites (tertiary alicyclic amines) is 1. The van der Waals surface area contributed by atoms with Crippen LogP contribution in [0.3, 0.4) is 0 Å². The number of aliphatic hydroxyl groups is 1. The van der Waals surface area contributed by atoms with Crippen LogP contribution in [0.15, 0.2) is 0 Å². The summed E-state index contributed by atoms with van der Waals surface area (Å²) in [6, 6.07) is -0.502. The zero-order valence-corrected chi connectivity index (χ0v) is 8.82. The van der Waals surface area contributed by atoms with Crippen LogP contribution in [0.2, 0.25) is 0 Å². The van der Waals surface area contributed by atoms with Gasteiger partial charge in [-0.2, -0.15) is 0 Å². The van der Waals surface area contributed by atoms with E-state index in [1.165, 1.54) is 7.05 Å². The molecular weight excluding hydrogens is 198 g/mol. The summed E-state index contributed by atoms with van der Waals surface area (Å²) in [5.74, 6) is -0.344. The van der Waals surface area contributed by atoms with Crippen LogP contribution in [0, 0.1) is 0 Å². The number of hydrogen-bond donors (Lipinski definition) is 3. The molecular formula is C9H17N3O3. The first-order chi connectivity index (χ1) is 7.11. The predicted molar refractivity (Wildman–Crippen MR) is 54.3 cm³/mol. The van der Waals surface area contributed by atoms with Gasteiger partial charge in [0.25, 0.3) is 0 Å². The monoisotopic (exact) mass is 215 g/mol. The van der Waals surface area contributed by atoms with Crippen molar-refractivity contribution in [3.05, 3.63) is 0 Å². The Kier molecular flexibility index (Phi) is 4.51. The van der Waals surface area contributed by atoms with E-state index >= 15 is 0 Å². The first-order valence-electron chi connectivity index (χ1n) is 5.04. The Bertz CT molecular complexity index is 245. The van der Waals surface area contributed by atoms with Gasteiger partial charge in [-0.15, -0.1) is 0 Å². The Morgan fingerprint density at radius 3 is 2.87 bits per heavy atom. The summed E-state index contributed by atoms with van der Waals surface area (Å²) in [5.41, 5.74) is 0. The largest absolute Gasteiger partial charge is 0.392 e. The third-order valence-electron chi connectivity index (χ3n) is 2.33. The molecule has 0 radical (unpaired) electrons. The maximum Gasteiger partial charge on any atom is 0.321 e. The molecule has 1 fully saturated rings. The van der Waals surface area contributed by atoms with E-state index in [-0.39, 0.29) is 18.6 Å². The fraction of sp³-hybridized carbons (Fsp3) is 0.778. The van der Waals surface area contributed by atoms with Crippen LogP contribution in [-0.4, -0.2) is 54.7 Å². The topological polar surface area (TPSA) is 81.7 Å². The van der Waals surface area contributed by atoms with Gasteiger partial charge in [0.1, 0.15) is 0 Å². The minimum absolute atomic E-state index is 0.157. The second kappa shape index (κ2) is 5.67. The van der Waals surface area contributed by atoms with Crippen molar-refractivity contribution in [1.29, 1.82) is 0 Å². The molecule has 1 aliphatic heterocycles. The number of nitrogens with zero attached hydrogens (tertiary/aromatic N) is 1. The number of hydrogen-bond acceptors (Lipinski definition) is 4. The summed E-state index contributed by atoms with van der Waals surface area (Å²) in [6.07, 6.45) is 1.31. The molecule has 1 atom stereocenters. The lowest BCUT2D eigenvalue weighted by molar-refractivity contribution is -0.121. The van der Waals surface area contributed by atoms with Crippen molar-refractivity contribution < 1.29 is 14.7 Å². The smallest absolute Gasteiger partial charge is 0.321 e. The predicted octanol–water partition coefficient (Wildman–Crippen LogP) is -1.10. The molecule has 0 aromatic heterocycles. The van der Waals surface area contributed by atoms with Crippen LogP contribution in [0.5, 0.6) is 0 Å². The molecule has 0 aliphatic carbocycles. The van der Waals surface area contributed by atoms with Crippen LogP contribution in [0.25, 0.3) is 0 Å². The molecule has 1 rings (SSSR count). The van der Waals surface area contributed by atoms with Gasteiger partial charge in [-0.1, -0.05) is 0 Å². The molecule has 3 amide bonds. The lowest BCUT2D eigenvalue weighted by atomic mass is 10.1. The molecule has 0 spiro atoms. The molecule has 0 aromatic carbocycles. The van der Waals surface area contributed by atoms with Gasteiger partial charge >= 0.3 is 6.03 Å². The summed E-state index contributed by atoms with van der Waals surface area (Å²) < 4.78 is 0. The Balaban J connectivity index is 2.27. The number of carbonyl (C=O) groups is 2. The van der Waals surface area contributed by atoms with E-state index < -0.39 is 6.03 Å². The molecule has 1 heterocycles.